The summed E-state index contributed by atoms with van der Waals surface area (Å²) in [5.74, 6) is 0.164. The van der Waals surface area contributed by atoms with Crippen LogP contribution in [0.15, 0.2) is 38.9 Å². The molecule has 7 heteroatoms. The topological polar surface area (TPSA) is 67.5 Å². The van der Waals surface area contributed by atoms with E-state index in [2.05, 4.69) is 26.0 Å². The Balaban J connectivity index is 1.77. The first-order valence-corrected chi connectivity index (χ1v) is 9.29. The second-order valence-corrected chi connectivity index (χ2v) is 7.68. The van der Waals surface area contributed by atoms with E-state index in [1.54, 1.807) is 35.8 Å². The summed E-state index contributed by atoms with van der Waals surface area (Å²) >= 11 is 4.89. The number of thiophene rings is 1. The zero-order chi connectivity index (χ0) is 16.7. The summed E-state index contributed by atoms with van der Waals surface area (Å²) in [4.78, 5) is 19.3. The summed E-state index contributed by atoms with van der Waals surface area (Å²) in [6.45, 7) is 0. The maximum Gasteiger partial charge on any atom is 0.282 e. The minimum Gasteiger partial charge on any atom is -0.507 e. The van der Waals surface area contributed by atoms with E-state index in [9.17, 15) is 9.90 Å². The third-order valence-corrected chi connectivity index (χ3v) is 6.00. The number of rotatable bonds is 2. The van der Waals surface area contributed by atoms with Crippen LogP contribution >= 0.6 is 27.3 Å². The molecule has 0 aliphatic heterocycles. The molecule has 0 atom stereocenters. The largest absolute Gasteiger partial charge is 0.507 e. The fraction of sp³-hybridized carbons (Fsp3) is 0.235. The zero-order valence-corrected chi connectivity index (χ0v) is 15.1. The third-order valence-electron chi connectivity index (χ3n) is 4.16. The molecule has 0 bridgehead atoms. The van der Waals surface area contributed by atoms with Crippen LogP contribution in [0.25, 0.3) is 10.2 Å². The lowest BCUT2D eigenvalue weighted by Gasteiger charge is -2.09. The second kappa shape index (κ2) is 6.14. The van der Waals surface area contributed by atoms with Crippen LogP contribution in [-0.4, -0.2) is 21.0 Å². The van der Waals surface area contributed by atoms with E-state index in [0.29, 0.717) is 4.47 Å². The van der Waals surface area contributed by atoms with Crippen molar-refractivity contribution in [2.45, 2.75) is 25.7 Å². The molecule has 0 saturated carbocycles. The number of phenols is 1. The van der Waals surface area contributed by atoms with Gasteiger partial charge in [0.1, 0.15) is 16.9 Å². The lowest BCUT2D eigenvalue weighted by molar-refractivity contribution is 0.472. The van der Waals surface area contributed by atoms with Crippen LogP contribution in [0.1, 0.15) is 28.8 Å². The van der Waals surface area contributed by atoms with Gasteiger partial charge in [-0.25, -0.2) is 4.98 Å². The van der Waals surface area contributed by atoms with Crippen LogP contribution < -0.4 is 5.56 Å². The predicted molar refractivity (Wildman–Crippen MR) is 99.3 cm³/mol. The molecule has 0 radical (unpaired) electrons. The van der Waals surface area contributed by atoms with Gasteiger partial charge in [-0.05, 0) is 70.9 Å². The van der Waals surface area contributed by atoms with Crippen molar-refractivity contribution in [2.24, 2.45) is 5.10 Å². The van der Waals surface area contributed by atoms with Crippen LogP contribution in [0, 0.1) is 0 Å². The Kier molecular flexibility index (Phi) is 3.97. The summed E-state index contributed by atoms with van der Waals surface area (Å²) in [7, 11) is 0. The number of hydrogen-bond donors (Lipinski definition) is 1. The van der Waals surface area contributed by atoms with Crippen molar-refractivity contribution in [2.75, 3.05) is 0 Å². The van der Waals surface area contributed by atoms with Crippen molar-refractivity contribution >= 4 is 43.7 Å². The molecule has 0 fully saturated rings. The first kappa shape index (κ1) is 15.5. The Morgan fingerprint density at radius 3 is 3.00 bits per heavy atom. The molecule has 0 unspecified atom stereocenters. The SMILES string of the molecule is O=c1c2c3c(sc2ncn1N=Cc1ccc(O)c(Br)c1)CCCC3. The monoisotopic (exact) mass is 403 g/mol. The van der Waals surface area contributed by atoms with Crippen molar-refractivity contribution in [1.82, 2.24) is 9.66 Å². The quantitative estimate of drug-likeness (QED) is 0.663. The van der Waals surface area contributed by atoms with Gasteiger partial charge in [-0.1, -0.05) is 0 Å². The highest BCUT2D eigenvalue weighted by Gasteiger charge is 2.19. The van der Waals surface area contributed by atoms with E-state index < -0.39 is 0 Å². The molecule has 122 valence electrons. The molecule has 1 N–H and O–H groups in total. The molecule has 0 spiro atoms. The maximum atomic E-state index is 12.8. The van der Waals surface area contributed by atoms with E-state index in [1.165, 1.54) is 22.3 Å². The molecule has 24 heavy (non-hydrogen) atoms. The molecule has 1 aliphatic rings. The molecular weight excluding hydrogens is 390 g/mol. The molecule has 0 saturated heterocycles. The van der Waals surface area contributed by atoms with Gasteiger partial charge in [0.25, 0.3) is 5.56 Å². The van der Waals surface area contributed by atoms with Gasteiger partial charge in [0.2, 0.25) is 0 Å². The average molecular weight is 404 g/mol. The average Bonchev–Trinajstić information content (AvgIpc) is 2.96. The van der Waals surface area contributed by atoms with Crippen molar-refractivity contribution in [3.63, 3.8) is 0 Å². The van der Waals surface area contributed by atoms with Gasteiger partial charge in [-0.2, -0.15) is 9.78 Å². The van der Waals surface area contributed by atoms with E-state index in [4.69, 9.17) is 0 Å². The normalized spacial score (nSPS) is 14.4. The Hall–Kier alpha value is -1.99. The van der Waals surface area contributed by atoms with Gasteiger partial charge in [-0.15, -0.1) is 11.3 Å². The molecular formula is C17H14BrN3O2S. The highest BCUT2D eigenvalue weighted by Crippen LogP contribution is 2.33. The smallest absolute Gasteiger partial charge is 0.282 e. The highest BCUT2D eigenvalue weighted by atomic mass is 79.9. The van der Waals surface area contributed by atoms with Crippen LogP contribution in [0.5, 0.6) is 5.75 Å². The number of aryl methyl sites for hydroxylation is 2. The first-order valence-electron chi connectivity index (χ1n) is 7.68. The number of fused-ring (bicyclic) bond motifs is 3. The molecule has 0 amide bonds. The summed E-state index contributed by atoms with van der Waals surface area (Å²) in [5, 5.41) is 14.5. The number of hydrogen-bond acceptors (Lipinski definition) is 5. The summed E-state index contributed by atoms with van der Waals surface area (Å²) < 4.78 is 1.87. The number of benzene rings is 1. The lowest BCUT2D eigenvalue weighted by Crippen LogP contribution is -2.18. The molecule has 1 aliphatic carbocycles. The van der Waals surface area contributed by atoms with Gasteiger partial charge in [0.05, 0.1) is 16.1 Å². The van der Waals surface area contributed by atoms with E-state index in [0.717, 1.165) is 40.6 Å². The van der Waals surface area contributed by atoms with Gasteiger partial charge in [0.15, 0.2) is 0 Å². The van der Waals surface area contributed by atoms with E-state index >= 15 is 0 Å². The Labute approximate surface area is 150 Å². The zero-order valence-electron chi connectivity index (χ0n) is 12.7. The third kappa shape index (κ3) is 2.67. The molecule has 1 aromatic carbocycles. The number of nitrogens with zero attached hydrogens (tertiary/aromatic N) is 3. The molecule has 5 nitrogen and oxygen atoms in total. The van der Waals surface area contributed by atoms with Crippen LogP contribution in [-0.2, 0) is 12.8 Å². The second-order valence-electron chi connectivity index (χ2n) is 5.74. The molecule has 2 aromatic heterocycles. The van der Waals surface area contributed by atoms with Gasteiger partial charge in [-0.3, -0.25) is 4.79 Å². The summed E-state index contributed by atoms with van der Waals surface area (Å²) in [6.07, 6.45) is 7.35. The predicted octanol–water partition coefficient (Wildman–Crippen LogP) is 3.69. The molecule has 3 aromatic rings. The van der Waals surface area contributed by atoms with Crippen LogP contribution in [0.4, 0.5) is 0 Å². The fourth-order valence-corrected chi connectivity index (χ4v) is 4.57. The van der Waals surface area contributed by atoms with Crippen LogP contribution in [0.2, 0.25) is 0 Å². The Bertz CT molecular complexity index is 1020. The standard InChI is InChI=1S/C17H14BrN3O2S/c18-12-7-10(5-6-13(12)22)8-20-21-9-19-16-15(17(21)23)11-3-1-2-4-14(11)24-16/h5-9,22H,1-4H2. The van der Waals surface area contributed by atoms with E-state index in [-0.39, 0.29) is 11.3 Å². The summed E-state index contributed by atoms with van der Waals surface area (Å²) in [6, 6.07) is 5.04. The lowest BCUT2D eigenvalue weighted by atomic mass is 9.97. The first-order chi connectivity index (χ1) is 11.6. The van der Waals surface area contributed by atoms with Crippen molar-refractivity contribution in [3.05, 3.63) is 55.4 Å². The Morgan fingerprint density at radius 2 is 2.17 bits per heavy atom. The van der Waals surface area contributed by atoms with Crippen LogP contribution in [0.3, 0.4) is 0 Å². The number of aromatic hydroxyl groups is 1. The highest BCUT2D eigenvalue weighted by molar-refractivity contribution is 9.10. The van der Waals surface area contributed by atoms with Gasteiger partial charge >= 0.3 is 0 Å². The molecule has 2 heterocycles. The number of halogens is 1. The summed E-state index contributed by atoms with van der Waals surface area (Å²) in [5.41, 5.74) is 1.82. The number of phenolic OH excluding ortho intramolecular Hbond substituents is 1. The van der Waals surface area contributed by atoms with E-state index in [1.807, 2.05) is 0 Å². The maximum absolute atomic E-state index is 12.8. The van der Waals surface area contributed by atoms with Crippen molar-refractivity contribution in [3.8, 4) is 5.75 Å². The fourth-order valence-electron chi connectivity index (χ4n) is 2.95. The number of aromatic nitrogens is 2. The minimum absolute atomic E-state index is 0.117. The van der Waals surface area contributed by atoms with Crippen molar-refractivity contribution < 1.29 is 5.11 Å². The molecule has 4 rings (SSSR count). The Morgan fingerprint density at radius 1 is 1.33 bits per heavy atom. The van der Waals surface area contributed by atoms with Crippen molar-refractivity contribution in [1.29, 1.82) is 0 Å². The van der Waals surface area contributed by atoms with Gasteiger partial charge in [0, 0.05) is 4.88 Å². The minimum atomic E-state index is -0.117. The van der Waals surface area contributed by atoms with Gasteiger partial charge < -0.3 is 5.11 Å².